The lowest BCUT2D eigenvalue weighted by molar-refractivity contribution is -0.116. The molecule has 0 spiro atoms. The number of hydrogen-bond acceptors (Lipinski definition) is 4. The van der Waals surface area contributed by atoms with E-state index >= 15 is 0 Å². The fourth-order valence-corrected chi connectivity index (χ4v) is 3.53. The molecule has 1 aliphatic heterocycles. The topological polar surface area (TPSA) is 50.8 Å². The molecule has 0 unspecified atom stereocenters. The quantitative estimate of drug-likeness (QED) is 0.891. The van der Waals surface area contributed by atoms with Gasteiger partial charge in [0.1, 0.15) is 0 Å². The van der Waals surface area contributed by atoms with E-state index in [9.17, 15) is 4.79 Å². The van der Waals surface area contributed by atoms with E-state index in [1.807, 2.05) is 18.2 Å². The van der Waals surface area contributed by atoms with Crippen molar-refractivity contribution in [1.82, 2.24) is 4.90 Å². The number of hydrogen-bond donors (Lipinski definition) is 1. The molecule has 132 valence electrons. The average Bonchev–Trinajstić information content (AvgIpc) is 3.00. The van der Waals surface area contributed by atoms with Crippen LogP contribution in [0.15, 0.2) is 18.2 Å². The van der Waals surface area contributed by atoms with Crippen molar-refractivity contribution >= 4 is 11.6 Å². The number of carbonyl (C=O) groups excluding carboxylic acids is 1. The number of carbonyl (C=O) groups is 1. The van der Waals surface area contributed by atoms with Crippen LogP contribution in [0.4, 0.5) is 5.69 Å². The predicted octanol–water partition coefficient (Wildman–Crippen LogP) is 3.79. The van der Waals surface area contributed by atoms with E-state index in [2.05, 4.69) is 17.3 Å². The standard InChI is InChI=1S/C19H28N2O3/c1-21(16-7-5-3-2-4-6-8-16)12-11-19(22)20-15-9-10-17-18(13-15)24-14-23-17/h9-10,13,16H,2-8,11-12,14H2,1H3,(H,20,22). The summed E-state index contributed by atoms with van der Waals surface area (Å²) < 4.78 is 10.6. The molecule has 1 fully saturated rings. The molecule has 3 rings (SSSR count). The Balaban J connectivity index is 1.44. The molecule has 0 bridgehead atoms. The van der Waals surface area contributed by atoms with Crippen LogP contribution >= 0.6 is 0 Å². The number of nitrogens with zero attached hydrogens (tertiary/aromatic N) is 1. The maximum Gasteiger partial charge on any atom is 0.231 e. The highest BCUT2D eigenvalue weighted by atomic mass is 16.7. The zero-order chi connectivity index (χ0) is 16.8. The first-order valence-electron chi connectivity index (χ1n) is 9.12. The molecule has 0 aromatic heterocycles. The van der Waals surface area contributed by atoms with Gasteiger partial charge in [0.25, 0.3) is 0 Å². The van der Waals surface area contributed by atoms with E-state index in [-0.39, 0.29) is 12.7 Å². The van der Waals surface area contributed by atoms with E-state index < -0.39 is 0 Å². The van der Waals surface area contributed by atoms with E-state index in [1.54, 1.807) is 0 Å². The van der Waals surface area contributed by atoms with Crippen LogP contribution < -0.4 is 14.8 Å². The monoisotopic (exact) mass is 332 g/mol. The molecule has 2 aliphatic rings. The fourth-order valence-electron chi connectivity index (χ4n) is 3.53. The van der Waals surface area contributed by atoms with Gasteiger partial charge in [-0.3, -0.25) is 4.79 Å². The summed E-state index contributed by atoms with van der Waals surface area (Å²) in [6, 6.07) is 6.13. The molecule has 1 heterocycles. The van der Waals surface area contributed by atoms with Crippen molar-refractivity contribution in [3.05, 3.63) is 18.2 Å². The molecular weight excluding hydrogens is 304 g/mol. The second-order valence-corrected chi connectivity index (χ2v) is 6.85. The summed E-state index contributed by atoms with van der Waals surface area (Å²) in [5.74, 6) is 1.48. The van der Waals surface area contributed by atoms with Crippen molar-refractivity contribution in [3.8, 4) is 11.5 Å². The molecule has 1 aromatic rings. The summed E-state index contributed by atoms with van der Waals surface area (Å²) in [6.07, 6.45) is 9.77. The normalized spacial score (nSPS) is 18.2. The number of rotatable bonds is 5. The average molecular weight is 332 g/mol. The van der Waals surface area contributed by atoms with E-state index in [0.29, 0.717) is 18.2 Å². The molecule has 0 atom stereocenters. The number of fused-ring (bicyclic) bond motifs is 1. The predicted molar refractivity (Wildman–Crippen MR) is 94.5 cm³/mol. The van der Waals surface area contributed by atoms with Gasteiger partial charge in [-0.2, -0.15) is 0 Å². The molecule has 0 radical (unpaired) electrons. The lowest BCUT2D eigenvalue weighted by atomic mass is 9.96. The SMILES string of the molecule is CN(CCC(=O)Nc1ccc2c(c1)OCO2)C1CCCCCCC1. The summed E-state index contributed by atoms with van der Waals surface area (Å²) in [4.78, 5) is 14.6. The van der Waals surface area contributed by atoms with Crippen molar-refractivity contribution in [3.63, 3.8) is 0 Å². The van der Waals surface area contributed by atoms with Gasteiger partial charge in [0.15, 0.2) is 11.5 Å². The van der Waals surface area contributed by atoms with E-state index in [4.69, 9.17) is 9.47 Å². The number of anilines is 1. The Kier molecular flexibility index (Phi) is 5.96. The Labute approximate surface area is 144 Å². The smallest absolute Gasteiger partial charge is 0.231 e. The van der Waals surface area contributed by atoms with Gasteiger partial charge in [-0.25, -0.2) is 0 Å². The Hall–Kier alpha value is -1.75. The van der Waals surface area contributed by atoms with Gasteiger partial charge in [0, 0.05) is 30.8 Å². The van der Waals surface area contributed by atoms with Crippen LogP contribution in [0, 0.1) is 0 Å². The maximum absolute atomic E-state index is 12.2. The lowest BCUT2D eigenvalue weighted by Crippen LogP contribution is -2.34. The Morgan fingerprint density at radius 2 is 1.83 bits per heavy atom. The van der Waals surface area contributed by atoms with Crippen LogP contribution in [-0.2, 0) is 4.79 Å². The number of benzene rings is 1. The molecule has 0 saturated heterocycles. The van der Waals surface area contributed by atoms with Gasteiger partial charge in [-0.15, -0.1) is 0 Å². The Morgan fingerprint density at radius 1 is 1.12 bits per heavy atom. The van der Waals surface area contributed by atoms with Gasteiger partial charge in [0.05, 0.1) is 0 Å². The highest BCUT2D eigenvalue weighted by Crippen LogP contribution is 2.34. The fraction of sp³-hybridized carbons (Fsp3) is 0.632. The van der Waals surface area contributed by atoms with Crippen LogP contribution in [-0.4, -0.2) is 37.2 Å². The largest absolute Gasteiger partial charge is 0.454 e. The summed E-state index contributed by atoms with van der Waals surface area (Å²) in [5, 5.41) is 2.95. The van der Waals surface area contributed by atoms with Crippen LogP contribution in [0.25, 0.3) is 0 Å². The number of amides is 1. The maximum atomic E-state index is 12.2. The minimum atomic E-state index is 0.0477. The summed E-state index contributed by atoms with van der Waals surface area (Å²) in [5.41, 5.74) is 0.762. The number of ether oxygens (including phenoxy) is 2. The first-order chi connectivity index (χ1) is 11.7. The molecule has 24 heavy (non-hydrogen) atoms. The Morgan fingerprint density at radius 3 is 2.62 bits per heavy atom. The first kappa shape index (κ1) is 17.1. The molecule has 1 N–H and O–H groups in total. The van der Waals surface area contributed by atoms with Crippen molar-refractivity contribution in [1.29, 1.82) is 0 Å². The molecule has 1 amide bonds. The zero-order valence-electron chi connectivity index (χ0n) is 14.6. The van der Waals surface area contributed by atoms with E-state index in [0.717, 1.165) is 18.0 Å². The lowest BCUT2D eigenvalue weighted by Gasteiger charge is -2.29. The van der Waals surface area contributed by atoms with Crippen LogP contribution in [0.1, 0.15) is 51.4 Å². The molecule has 5 nitrogen and oxygen atoms in total. The van der Waals surface area contributed by atoms with Crippen molar-refractivity contribution in [2.75, 3.05) is 25.7 Å². The minimum Gasteiger partial charge on any atom is -0.454 e. The van der Waals surface area contributed by atoms with Crippen molar-refractivity contribution in [2.24, 2.45) is 0 Å². The number of nitrogens with one attached hydrogen (secondary N) is 1. The highest BCUT2D eigenvalue weighted by molar-refractivity contribution is 5.91. The molecule has 1 saturated carbocycles. The van der Waals surface area contributed by atoms with Gasteiger partial charge < -0.3 is 19.7 Å². The molecule has 5 heteroatoms. The van der Waals surface area contributed by atoms with Gasteiger partial charge in [0.2, 0.25) is 12.7 Å². The van der Waals surface area contributed by atoms with Gasteiger partial charge in [-0.05, 0) is 32.0 Å². The van der Waals surface area contributed by atoms with Crippen LogP contribution in [0.5, 0.6) is 11.5 Å². The van der Waals surface area contributed by atoms with Gasteiger partial charge >= 0.3 is 0 Å². The summed E-state index contributed by atoms with van der Waals surface area (Å²) in [7, 11) is 2.15. The van der Waals surface area contributed by atoms with E-state index in [1.165, 1.54) is 44.9 Å². The minimum absolute atomic E-state index is 0.0477. The second-order valence-electron chi connectivity index (χ2n) is 6.85. The third-order valence-corrected chi connectivity index (χ3v) is 5.05. The zero-order valence-corrected chi connectivity index (χ0v) is 14.6. The first-order valence-corrected chi connectivity index (χ1v) is 9.12. The van der Waals surface area contributed by atoms with Crippen molar-refractivity contribution in [2.45, 2.75) is 57.4 Å². The molecular formula is C19H28N2O3. The Bertz CT molecular complexity index is 554. The third-order valence-electron chi connectivity index (χ3n) is 5.05. The van der Waals surface area contributed by atoms with Gasteiger partial charge in [-0.1, -0.05) is 32.1 Å². The highest BCUT2D eigenvalue weighted by Gasteiger charge is 2.18. The molecule has 1 aromatic carbocycles. The van der Waals surface area contributed by atoms with Crippen LogP contribution in [0.2, 0.25) is 0 Å². The second kappa shape index (κ2) is 8.38. The molecule has 1 aliphatic carbocycles. The van der Waals surface area contributed by atoms with Crippen LogP contribution in [0.3, 0.4) is 0 Å². The van der Waals surface area contributed by atoms with Crippen molar-refractivity contribution < 1.29 is 14.3 Å². The third kappa shape index (κ3) is 4.63. The summed E-state index contributed by atoms with van der Waals surface area (Å²) >= 11 is 0. The summed E-state index contributed by atoms with van der Waals surface area (Å²) in [6.45, 7) is 1.06.